The zero-order valence-electron chi connectivity index (χ0n) is 17.4. The van der Waals surface area contributed by atoms with Gasteiger partial charge in [0, 0.05) is 24.7 Å². The van der Waals surface area contributed by atoms with E-state index in [0.717, 1.165) is 32.1 Å². The van der Waals surface area contributed by atoms with E-state index in [0.29, 0.717) is 49.1 Å². The minimum atomic E-state index is -0.439. The average Bonchev–Trinajstić information content (AvgIpc) is 3.27. The van der Waals surface area contributed by atoms with Crippen LogP contribution in [-0.2, 0) is 14.3 Å². The molecule has 160 valence electrons. The number of carbonyl (C=O) groups is 2. The molecule has 7 nitrogen and oxygen atoms in total. The molecule has 1 atom stereocenters. The number of carbonyl (C=O) groups excluding carboxylic acids is 2. The second kappa shape index (κ2) is 10.5. The molecule has 2 N–H and O–H groups in total. The maximum absolute atomic E-state index is 12.7. The van der Waals surface area contributed by atoms with Crippen molar-refractivity contribution in [3.8, 4) is 11.5 Å². The molecule has 7 heteroatoms. The Kier molecular flexibility index (Phi) is 7.75. The molecule has 3 rings (SSSR count). The highest BCUT2D eigenvalue weighted by atomic mass is 16.5. The van der Waals surface area contributed by atoms with Gasteiger partial charge in [-0.1, -0.05) is 19.3 Å². The number of nitrogens with one attached hydrogen (secondary N) is 2. The number of benzene rings is 1. The highest BCUT2D eigenvalue weighted by Gasteiger charge is 2.26. The van der Waals surface area contributed by atoms with Gasteiger partial charge in [-0.25, -0.2) is 0 Å². The van der Waals surface area contributed by atoms with Gasteiger partial charge in [0.05, 0.1) is 24.6 Å². The van der Waals surface area contributed by atoms with Crippen LogP contribution < -0.4 is 20.1 Å². The lowest BCUT2D eigenvalue weighted by molar-refractivity contribution is -0.124. The largest absolute Gasteiger partial charge is 0.492 e. The Morgan fingerprint density at radius 2 is 1.48 bits per heavy atom. The number of anilines is 2. The van der Waals surface area contributed by atoms with Crippen molar-refractivity contribution in [1.29, 1.82) is 0 Å². The van der Waals surface area contributed by atoms with Crippen LogP contribution in [0.25, 0.3) is 0 Å². The highest BCUT2D eigenvalue weighted by molar-refractivity contribution is 5.98. The van der Waals surface area contributed by atoms with Crippen molar-refractivity contribution in [1.82, 2.24) is 0 Å². The molecule has 1 saturated carbocycles. The van der Waals surface area contributed by atoms with Crippen molar-refractivity contribution >= 4 is 23.2 Å². The summed E-state index contributed by atoms with van der Waals surface area (Å²) in [7, 11) is 0. The lowest BCUT2D eigenvalue weighted by atomic mass is 9.88. The van der Waals surface area contributed by atoms with Crippen LogP contribution in [0.1, 0.15) is 58.8 Å². The van der Waals surface area contributed by atoms with E-state index in [4.69, 9.17) is 14.2 Å². The molecule has 2 amide bonds. The van der Waals surface area contributed by atoms with Gasteiger partial charge < -0.3 is 24.8 Å². The predicted octanol–water partition coefficient (Wildman–Crippen LogP) is 4.12. The predicted molar refractivity (Wildman–Crippen MR) is 112 cm³/mol. The minimum Gasteiger partial charge on any atom is -0.492 e. The first-order chi connectivity index (χ1) is 14.1. The fourth-order valence-electron chi connectivity index (χ4n) is 3.90. The van der Waals surface area contributed by atoms with Gasteiger partial charge in [0.2, 0.25) is 5.91 Å². The standard InChI is InChI=1S/C22H32N2O5/c1-3-27-19-14-17(24-22(26)18-11-8-12-29-18)20(28-4-2)13-16(19)23-21(25)15-9-6-5-7-10-15/h13-15,18H,3-12H2,1-2H3,(H,23,25)(H,24,26). The van der Waals surface area contributed by atoms with Gasteiger partial charge in [-0.05, 0) is 39.5 Å². The van der Waals surface area contributed by atoms with E-state index in [1.807, 2.05) is 13.8 Å². The number of hydrogen-bond donors (Lipinski definition) is 2. The van der Waals surface area contributed by atoms with Crippen LogP contribution in [0.2, 0.25) is 0 Å². The van der Waals surface area contributed by atoms with Crippen LogP contribution in [0.3, 0.4) is 0 Å². The zero-order chi connectivity index (χ0) is 20.6. The molecule has 1 unspecified atom stereocenters. The maximum atomic E-state index is 12.7. The Bertz CT molecular complexity index is 709. The van der Waals surface area contributed by atoms with Crippen LogP contribution in [0.5, 0.6) is 11.5 Å². The van der Waals surface area contributed by atoms with Gasteiger partial charge in [-0.3, -0.25) is 9.59 Å². The Labute approximate surface area is 172 Å². The van der Waals surface area contributed by atoms with Gasteiger partial charge in [0.25, 0.3) is 5.91 Å². The second-order valence-electron chi connectivity index (χ2n) is 7.53. The van der Waals surface area contributed by atoms with Gasteiger partial charge in [0.1, 0.15) is 17.6 Å². The summed E-state index contributed by atoms with van der Waals surface area (Å²) in [4.78, 5) is 25.2. The number of rotatable bonds is 8. The van der Waals surface area contributed by atoms with Crippen molar-refractivity contribution < 1.29 is 23.8 Å². The molecule has 0 spiro atoms. The van der Waals surface area contributed by atoms with Gasteiger partial charge >= 0.3 is 0 Å². The fraction of sp³-hybridized carbons (Fsp3) is 0.636. The molecule has 2 aliphatic rings. The topological polar surface area (TPSA) is 85.9 Å². The summed E-state index contributed by atoms with van der Waals surface area (Å²) in [5, 5.41) is 5.92. The number of ether oxygens (including phenoxy) is 3. The van der Waals surface area contributed by atoms with Crippen molar-refractivity contribution in [2.75, 3.05) is 30.5 Å². The van der Waals surface area contributed by atoms with Crippen molar-refractivity contribution in [2.24, 2.45) is 5.92 Å². The van der Waals surface area contributed by atoms with E-state index in [9.17, 15) is 9.59 Å². The molecule has 2 fully saturated rings. The molecule has 0 bridgehead atoms. The SMILES string of the molecule is CCOc1cc(NC(=O)C2CCCO2)c(OCC)cc1NC(=O)C1CCCCC1. The first-order valence-corrected chi connectivity index (χ1v) is 10.8. The Morgan fingerprint density at radius 1 is 0.897 bits per heavy atom. The molecule has 1 aromatic carbocycles. The molecule has 1 aliphatic carbocycles. The number of amides is 2. The van der Waals surface area contributed by atoms with Gasteiger partial charge in [-0.15, -0.1) is 0 Å². The van der Waals surface area contributed by atoms with Crippen molar-refractivity contribution in [3.05, 3.63) is 12.1 Å². The molecule has 1 aliphatic heterocycles. The summed E-state index contributed by atoms with van der Waals surface area (Å²) in [6.45, 7) is 5.25. The summed E-state index contributed by atoms with van der Waals surface area (Å²) in [5.41, 5.74) is 1.09. The van der Waals surface area contributed by atoms with Gasteiger partial charge in [-0.2, -0.15) is 0 Å². The molecular weight excluding hydrogens is 372 g/mol. The molecule has 1 saturated heterocycles. The highest BCUT2D eigenvalue weighted by Crippen LogP contribution is 2.38. The lowest BCUT2D eigenvalue weighted by Crippen LogP contribution is -2.27. The minimum absolute atomic E-state index is 0.0178. The Balaban J connectivity index is 1.82. The van der Waals surface area contributed by atoms with E-state index in [1.165, 1.54) is 6.42 Å². The smallest absolute Gasteiger partial charge is 0.253 e. The first-order valence-electron chi connectivity index (χ1n) is 10.8. The van der Waals surface area contributed by atoms with Crippen LogP contribution in [-0.4, -0.2) is 37.7 Å². The average molecular weight is 405 g/mol. The second-order valence-corrected chi connectivity index (χ2v) is 7.53. The van der Waals surface area contributed by atoms with Crippen LogP contribution in [0.15, 0.2) is 12.1 Å². The quantitative estimate of drug-likeness (QED) is 0.681. The van der Waals surface area contributed by atoms with E-state index in [-0.39, 0.29) is 17.7 Å². The van der Waals surface area contributed by atoms with E-state index in [1.54, 1.807) is 12.1 Å². The number of hydrogen-bond acceptors (Lipinski definition) is 5. The Morgan fingerprint density at radius 3 is 2.00 bits per heavy atom. The van der Waals surface area contributed by atoms with Crippen molar-refractivity contribution in [3.63, 3.8) is 0 Å². The van der Waals surface area contributed by atoms with Gasteiger partial charge in [0.15, 0.2) is 0 Å². The van der Waals surface area contributed by atoms with Crippen LogP contribution >= 0.6 is 0 Å². The van der Waals surface area contributed by atoms with E-state index < -0.39 is 6.10 Å². The zero-order valence-corrected chi connectivity index (χ0v) is 17.4. The third kappa shape index (κ3) is 5.63. The summed E-state index contributed by atoms with van der Waals surface area (Å²) in [6.07, 6.45) is 6.38. The molecule has 1 heterocycles. The summed E-state index contributed by atoms with van der Waals surface area (Å²) < 4.78 is 17.0. The lowest BCUT2D eigenvalue weighted by Gasteiger charge is -2.23. The summed E-state index contributed by atoms with van der Waals surface area (Å²) in [6, 6.07) is 3.46. The third-order valence-electron chi connectivity index (χ3n) is 5.40. The molecule has 0 radical (unpaired) electrons. The van der Waals surface area contributed by atoms with Crippen LogP contribution in [0, 0.1) is 5.92 Å². The molecule has 0 aromatic heterocycles. The normalized spacial score (nSPS) is 19.6. The maximum Gasteiger partial charge on any atom is 0.253 e. The van der Waals surface area contributed by atoms with Crippen LogP contribution in [0.4, 0.5) is 11.4 Å². The monoisotopic (exact) mass is 404 g/mol. The van der Waals surface area contributed by atoms with E-state index >= 15 is 0 Å². The Hall–Kier alpha value is -2.28. The molecule has 29 heavy (non-hydrogen) atoms. The molecular formula is C22H32N2O5. The summed E-state index contributed by atoms with van der Waals surface area (Å²) in [5.74, 6) is 0.880. The third-order valence-corrected chi connectivity index (χ3v) is 5.40. The fourth-order valence-corrected chi connectivity index (χ4v) is 3.90. The summed E-state index contributed by atoms with van der Waals surface area (Å²) >= 11 is 0. The van der Waals surface area contributed by atoms with E-state index in [2.05, 4.69) is 10.6 Å². The first kappa shape index (κ1) is 21.4. The van der Waals surface area contributed by atoms with Crippen molar-refractivity contribution in [2.45, 2.75) is 64.9 Å². The molecule has 1 aromatic rings.